The van der Waals surface area contributed by atoms with Crippen molar-refractivity contribution in [2.24, 2.45) is 0 Å². The van der Waals surface area contributed by atoms with Gasteiger partial charge < -0.3 is 9.47 Å². The summed E-state index contributed by atoms with van der Waals surface area (Å²) < 4.78 is 10.9. The van der Waals surface area contributed by atoms with Crippen LogP contribution in [0.4, 0.5) is 0 Å². The molecular formula is C23H18ClNO2. The largest absolute Gasteiger partial charge is 0.497 e. The molecule has 0 aliphatic carbocycles. The number of nitriles is 1. The molecule has 0 aliphatic rings. The van der Waals surface area contributed by atoms with E-state index in [0.29, 0.717) is 23.0 Å². The summed E-state index contributed by atoms with van der Waals surface area (Å²) in [6.07, 6.45) is 1.80. The van der Waals surface area contributed by atoms with Crippen molar-refractivity contribution < 1.29 is 9.47 Å². The number of ether oxygens (including phenoxy) is 2. The SMILES string of the molecule is COc1ccc(/C(C#N)=C/c2ccc(OCc3ccccc3)c(Cl)c2)cc1. The summed E-state index contributed by atoms with van der Waals surface area (Å²) in [5, 5.41) is 10.0. The van der Waals surface area contributed by atoms with Gasteiger partial charge in [0.05, 0.1) is 23.8 Å². The average Bonchev–Trinajstić information content (AvgIpc) is 2.72. The van der Waals surface area contributed by atoms with Crippen LogP contribution in [-0.4, -0.2) is 7.11 Å². The maximum absolute atomic E-state index is 9.49. The Morgan fingerprint density at radius 3 is 2.41 bits per heavy atom. The molecular weight excluding hydrogens is 358 g/mol. The lowest BCUT2D eigenvalue weighted by Gasteiger charge is -2.09. The van der Waals surface area contributed by atoms with Gasteiger partial charge in [0.25, 0.3) is 0 Å². The van der Waals surface area contributed by atoms with E-state index in [4.69, 9.17) is 21.1 Å². The molecule has 0 radical (unpaired) electrons. The van der Waals surface area contributed by atoms with Gasteiger partial charge in [-0.2, -0.15) is 5.26 Å². The number of benzene rings is 3. The number of rotatable bonds is 6. The van der Waals surface area contributed by atoms with Crippen molar-refractivity contribution >= 4 is 23.3 Å². The van der Waals surface area contributed by atoms with E-state index in [1.54, 1.807) is 19.3 Å². The number of hydrogen-bond acceptors (Lipinski definition) is 3. The highest BCUT2D eigenvalue weighted by molar-refractivity contribution is 6.32. The zero-order chi connectivity index (χ0) is 19.1. The van der Waals surface area contributed by atoms with Gasteiger partial charge in [0.2, 0.25) is 0 Å². The monoisotopic (exact) mass is 375 g/mol. The average molecular weight is 376 g/mol. The predicted molar refractivity (Wildman–Crippen MR) is 109 cm³/mol. The van der Waals surface area contributed by atoms with Crippen molar-refractivity contribution in [3.8, 4) is 17.6 Å². The first-order chi connectivity index (χ1) is 13.2. The summed E-state index contributed by atoms with van der Waals surface area (Å²) >= 11 is 6.35. The molecule has 134 valence electrons. The molecule has 0 aliphatic heterocycles. The third-order valence-corrected chi connectivity index (χ3v) is 4.32. The first kappa shape index (κ1) is 18.6. The third-order valence-electron chi connectivity index (χ3n) is 4.03. The van der Waals surface area contributed by atoms with Crippen LogP contribution in [0.2, 0.25) is 5.02 Å². The minimum atomic E-state index is 0.449. The summed E-state index contributed by atoms with van der Waals surface area (Å²) in [5.74, 6) is 1.36. The standard InChI is InChI=1S/C23H18ClNO2/c1-26-21-10-8-19(9-11-21)20(15-25)13-18-7-12-23(22(24)14-18)27-16-17-5-3-2-4-6-17/h2-14H,16H2,1H3/b20-13+. The molecule has 0 fully saturated rings. The van der Waals surface area contributed by atoms with Crippen LogP contribution in [0, 0.1) is 11.3 Å². The first-order valence-electron chi connectivity index (χ1n) is 8.42. The number of allylic oxidation sites excluding steroid dienone is 1. The molecule has 0 saturated carbocycles. The molecule has 0 saturated heterocycles. The number of methoxy groups -OCH3 is 1. The van der Waals surface area contributed by atoms with E-state index in [0.717, 1.165) is 22.4 Å². The third kappa shape index (κ3) is 4.91. The summed E-state index contributed by atoms with van der Waals surface area (Å²) in [6, 6.07) is 25.0. The lowest BCUT2D eigenvalue weighted by molar-refractivity contribution is 0.306. The number of hydrogen-bond donors (Lipinski definition) is 0. The molecule has 0 unspecified atom stereocenters. The van der Waals surface area contributed by atoms with Crippen LogP contribution < -0.4 is 9.47 Å². The van der Waals surface area contributed by atoms with Crippen LogP contribution in [0.15, 0.2) is 72.8 Å². The van der Waals surface area contributed by atoms with Crippen molar-refractivity contribution in [2.75, 3.05) is 7.11 Å². The topological polar surface area (TPSA) is 42.2 Å². The Balaban J connectivity index is 1.77. The summed E-state index contributed by atoms with van der Waals surface area (Å²) in [6.45, 7) is 0.449. The minimum Gasteiger partial charge on any atom is -0.497 e. The summed E-state index contributed by atoms with van der Waals surface area (Å²) in [4.78, 5) is 0. The zero-order valence-corrected chi connectivity index (χ0v) is 15.6. The van der Waals surface area contributed by atoms with Crippen molar-refractivity contribution in [1.82, 2.24) is 0 Å². The van der Waals surface area contributed by atoms with Crippen LogP contribution in [-0.2, 0) is 6.61 Å². The normalized spacial score (nSPS) is 10.9. The first-order valence-corrected chi connectivity index (χ1v) is 8.80. The molecule has 0 spiro atoms. The van der Waals surface area contributed by atoms with Gasteiger partial charge in [-0.3, -0.25) is 0 Å². The molecule has 0 aromatic heterocycles. The van der Waals surface area contributed by atoms with E-state index in [1.165, 1.54) is 0 Å². The van der Waals surface area contributed by atoms with Crippen LogP contribution in [0.1, 0.15) is 16.7 Å². The van der Waals surface area contributed by atoms with E-state index >= 15 is 0 Å². The van der Waals surface area contributed by atoms with E-state index in [-0.39, 0.29) is 0 Å². The van der Waals surface area contributed by atoms with Gasteiger partial charge >= 0.3 is 0 Å². The molecule has 3 rings (SSSR count). The van der Waals surface area contributed by atoms with Gasteiger partial charge in [-0.1, -0.05) is 48.0 Å². The maximum atomic E-state index is 9.49. The van der Waals surface area contributed by atoms with Crippen LogP contribution >= 0.6 is 11.6 Å². The van der Waals surface area contributed by atoms with Crippen LogP contribution in [0.3, 0.4) is 0 Å². The van der Waals surface area contributed by atoms with E-state index in [1.807, 2.05) is 66.7 Å². The van der Waals surface area contributed by atoms with Gasteiger partial charge in [-0.15, -0.1) is 0 Å². The molecule has 3 aromatic rings. The van der Waals surface area contributed by atoms with Crippen LogP contribution in [0.5, 0.6) is 11.5 Å². The number of nitrogens with zero attached hydrogens (tertiary/aromatic N) is 1. The zero-order valence-electron chi connectivity index (χ0n) is 14.9. The van der Waals surface area contributed by atoms with Gasteiger partial charge in [0.15, 0.2) is 0 Å². The molecule has 0 amide bonds. The molecule has 0 heterocycles. The van der Waals surface area contributed by atoms with Crippen molar-refractivity contribution in [1.29, 1.82) is 5.26 Å². The molecule has 27 heavy (non-hydrogen) atoms. The Bertz CT molecular complexity index is 974. The summed E-state index contributed by atoms with van der Waals surface area (Å²) in [7, 11) is 1.61. The highest BCUT2D eigenvalue weighted by atomic mass is 35.5. The van der Waals surface area contributed by atoms with E-state index in [2.05, 4.69) is 6.07 Å². The Morgan fingerprint density at radius 1 is 1.04 bits per heavy atom. The second-order valence-electron chi connectivity index (χ2n) is 5.86. The van der Waals surface area contributed by atoms with Crippen molar-refractivity contribution in [3.63, 3.8) is 0 Å². The smallest absolute Gasteiger partial charge is 0.138 e. The van der Waals surface area contributed by atoms with E-state index < -0.39 is 0 Å². The Labute approximate surface area is 164 Å². The highest BCUT2D eigenvalue weighted by Gasteiger charge is 2.06. The Kier molecular flexibility index (Phi) is 6.14. The molecule has 0 bridgehead atoms. The maximum Gasteiger partial charge on any atom is 0.138 e. The quantitative estimate of drug-likeness (QED) is 0.392. The van der Waals surface area contributed by atoms with Gasteiger partial charge in [0.1, 0.15) is 18.1 Å². The second-order valence-corrected chi connectivity index (χ2v) is 6.27. The lowest BCUT2D eigenvalue weighted by atomic mass is 10.0. The number of halogens is 1. The van der Waals surface area contributed by atoms with E-state index in [9.17, 15) is 5.26 Å². The lowest BCUT2D eigenvalue weighted by Crippen LogP contribution is -1.95. The fourth-order valence-corrected chi connectivity index (χ4v) is 2.82. The highest BCUT2D eigenvalue weighted by Crippen LogP contribution is 2.28. The Morgan fingerprint density at radius 2 is 1.78 bits per heavy atom. The van der Waals surface area contributed by atoms with Gasteiger partial charge in [0, 0.05) is 0 Å². The molecule has 3 aromatic carbocycles. The molecule has 3 nitrogen and oxygen atoms in total. The predicted octanol–water partition coefficient (Wildman–Crippen LogP) is 5.99. The van der Waals surface area contributed by atoms with Crippen molar-refractivity contribution in [3.05, 3.63) is 94.5 Å². The molecule has 0 atom stereocenters. The fraction of sp³-hybridized carbons (Fsp3) is 0.0870. The second kappa shape index (κ2) is 8.93. The van der Waals surface area contributed by atoms with Crippen molar-refractivity contribution in [2.45, 2.75) is 6.61 Å². The summed E-state index contributed by atoms with van der Waals surface area (Å²) in [5.41, 5.74) is 3.27. The van der Waals surface area contributed by atoms with Gasteiger partial charge in [-0.05, 0) is 59.2 Å². The van der Waals surface area contributed by atoms with Gasteiger partial charge in [-0.25, -0.2) is 0 Å². The minimum absolute atomic E-state index is 0.449. The molecule has 0 N–H and O–H groups in total. The molecule has 4 heteroatoms. The fourth-order valence-electron chi connectivity index (χ4n) is 2.58. The Hall–Kier alpha value is -3.22. The van der Waals surface area contributed by atoms with Crippen LogP contribution in [0.25, 0.3) is 11.6 Å².